The van der Waals surface area contributed by atoms with Gasteiger partial charge in [0.1, 0.15) is 33.9 Å². The van der Waals surface area contributed by atoms with E-state index in [0.717, 1.165) is 28.0 Å². The zero-order chi connectivity index (χ0) is 29.5. The summed E-state index contributed by atoms with van der Waals surface area (Å²) in [5.74, 6) is 0.541. The van der Waals surface area contributed by atoms with E-state index in [0.29, 0.717) is 54.0 Å². The van der Waals surface area contributed by atoms with Gasteiger partial charge in [0.2, 0.25) is 0 Å². The third kappa shape index (κ3) is 5.70. The Hall–Kier alpha value is -4.17. The molecule has 1 saturated heterocycles. The highest BCUT2D eigenvalue weighted by atomic mass is 32.1. The number of ether oxygens (including phenoxy) is 1. The summed E-state index contributed by atoms with van der Waals surface area (Å²) in [7, 11) is 1.93. The number of anilines is 3. The number of benzene rings is 2. The van der Waals surface area contributed by atoms with E-state index in [1.165, 1.54) is 23.5 Å². The highest BCUT2D eigenvalue weighted by molar-refractivity contribution is 7.16. The Kier molecular flexibility index (Phi) is 7.62. The molecular formula is C30H34FN7O2S. The molecule has 1 aliphatic heterocycles. The number of fused-ring (bicyclic) bond motifs is 1. The number of nitriles is 1. The minimum atomic E-state index is -0.524. The second kappa shape index (κ2) is 11.0. The number of hydrogen-bond acceptors (Lipinski definition) is 8. The molecular weight excluding hydrogens is 541 g/mol. The van der Waals surface area contributed by atoms with Crippen LogP contribution in [0.4, 0.5) is 25.8 Å². The molecule has 0 radical (unpaired) electrons. The Labute approximate surface area is 243 Å². The zero-order valence-electron chi connectivity index (χ0n) is 24.2. The number of halogens is 1. The number of hydrogen-bond donors (Lipinski definition) is 0. The molecule has 0 aliphatic carbocycles. The molecule has 3 heterocycles. The Morgan fingerprint density at radius 1 is 1.17 bits per heavy atom. The van der Waals surface area contributed by atoms with E-state index in [2.05, 4.69) is 30.0 Å². The number of carbonyl (C=O) groups is 1. The summed E-state index contributed by atoms with van der Waals surface area (Å²) < 4.78 is 21.0. The van der Waals surface area contributed by atoms with Crippen molar-refractivity contribution in [3.63, 3.8) is 0 Å². The number of rotatable bonds is 5. The van der Waals surface area contributed by atoms with Crippen molar-refractivity contribution in [2.24, 2.45) is 0 Å². The topological polar surface area (TPSA) is 90.5 Å². The fourth-order valence-electron chi connectivity index (χ4n) is 5.02. The van der Waals surface area contributed by atoms with Gasteiger partial charge in [0.15, 0.2) is 5.13 Å². The summed E-state index contributed by atoms with van der Waals surface area (Å²) >= 11 is 1.29. The van der Waals surface area contributed by atoms with Crippen LogP contribution in [0.3, 0.4) is 0 Å². The van der Waals surface area contributed by atoms with Gasteiger partial charge in [0, 0.05) is 56.4 Å². The first-order valence-corrected chi connectivity index (χ1v) is 14.5. The van der Waals surface area contributed by atoms with Crippen LogP contribution in [0, 0.1) is 24.1 Å². The van der Waals surface area contributed by atoms with Crippen LogP contribution in [-0.2, 0) is 11.3 Å². The summed E-state index contributed by atoms with van der Waals surface area (Å²) in [6.45, 7) is 12.9. The maximum absolute atomic E-state index is 13.5. The summed E-state index contributed by atoms with van der Waals surface area (Å²) in [6, 6.07) is 12.6. The molecule has 1 fully saturated rings. The average Bonchev–Trinajstić information content (AvgIpc) is 3.54. The van der Waals surface area contributed by atoms with Gasteiger partial charge in [-0.15, -0.1) is 0 Å². The van der Waals surface area contributed by atoms with Crippen LogP contribution >= 0.6 is 11.3 Å². The SMILES string of the molecule is CCn1nc2c(C)cc(N3CCN(C(=O)OC(C)(C)C)CC3)cc2c1N(C)c1nc(-c2ccc(F)cc2)c(C#N)s1. The van der Waals surface area contributed by atoms with Crippen molar-refractivity contribution in [1.29, 1.82) is 5.26 Å². The molecule has 9 nitrogen and oxygen atoms in total. The molecule has 0 bridgehead atoms. The molecule has 0 atom stereocenters. The fourth-order valence-corrected chi connectivity index (χ4v) is 5.87. The summed E-state index contributed by atoms with van der Waals surface area (Å²) in [4.78, 5) is 23.8. The van der Waals surface area contributed by atoms with Crippen molar-refractivity contribution in [3.8, 4) is 17.3 Å². The predicted molar refractivity (Wildman–Crippen MR) is 160 cm³/mol. The van der Waals surface area contributed by atoms with Crippen LogP contribution in [-0.4, -0.2) is 64.6 Å². The lowest BCUT2D eigenvalue weighted by molar-refractivity contribution is 0.0240. The number of carbonyl (C=O) groups excluding carboxylic acids is 1. The van der Waals surface area contributed by atoms with E-state index in [4.69, 9.17) is 14.8 Å². The van der Waals surface area contributed by atoms with Crippen molar-refractivity contribution >= 4 is 45.0 Å². The molecule has 214 valence electrons. The number of amides is 1. The van der Waals surface area contributed by atoms with Crippen LogP contribution < -0.4 is 9.80 Å². The number of aromatic nitrogens is 3. The lowest BCUT2D eigenvalue weighted by Crippen LogP contribution is -2.50. The Morgan fingerprint density at radius 3 is 2.46 bits per heavy atom. The molecule has 4 aromatic rings. The van der Waals surface area contributed by atoms with Crippen molar-refractivity contribution in [3.05, 3.63) is 52.7 Å². The van der Waals surface area contributed by atoms with E-state index >= 15 is 0 Å². The van der Waals surface area contributed by atoms with Gasteiger partial charge in [-0.3, -0.25) is 0 Å². The number of piperazine rings is 1. The normalized spacial score (nSPS) is 13.9. The first-order chi connectivity index (χ1) is 19.5. The Morgan fingerprint density at radius 2 is 1.85 bits per heavy atom. The minimum Gasteiger partial charge on any atom is -0.444 e. The highest BCUT2D eigenvalue weighted by Crippen LogP contribution is 2.39. The van der Waals surface area contributed by atoms with Crippen molar-refractivity contribution in [1.82, 2.24) is 19.7 Å². The third-order valence-electron chi connectivity index (χ3n) is 7.03. The smallest absolute Gasteiger partial charge is 0.410 e. The molecule has 1 amide bonds. The molecule has 0 unspecified atom stereocenters. The van der Waals surface area contributed by atoms with E-state index in [1.807, 2.05) is 44.3 Å². The van der Waals surface area contributed by atoms with Crippen LogP contribution in [0.2, 0.25) is 0 Å². The van der Waals surface area contributed by atoms with Gasteiger partial charge in [-0.1, -0.05) is 11.3 Å². The fraction of sp³-hybridized carbons (Fsp3) is 0.400. The lowest BCUT2D eigenvalue weighted by Gasteiger charge is -2.37. The molecule has 1 aliphatic rings. The maximum atomic E-state index is 13.5. The minimum absolute atomic E-state index is 0.280. The molecule has 0 spiro atoms. The van der Waals surface area contributed by atoms with Gasteiger partial charge in [-0.05, 0) is 76.6 Å². The van der Waals surface area contributed by atoms with Crippen LogP contribution in [0.5, 0.6) is 0 Å². The number of nitrogens with zero attached hydrogens (tertiary/aromatic N) is 7. The first kappa shape index (κ1) is 28.4. The molecule has 2 aromatic carbocycles. The van der Waals surface area contributed by atoms with E-state index in [1.54, 1.807) is 17.0 Å². The maximum Gasteiger partial charge on any atom is 0.410 e. The largest absolute Gasteiger partial charge is 0.444 e. The number of aryl methyl sites for hydroxylation is 2. The standard InChI is InChI=1S/C30H34FN7O2S/c1-7-38-27(35(6)28-33-26(24(18-32)41-28)20-8-10-21(31)11-9-20)23-17-22(16-19(2)25(23)34-38)36-12-14-37(15-13-36)29(39)40-30(3,4)5/h8-11,16-17H,7,12-15H2,1-6H3. The van der Waals surface area contributed by atoms with Gasteiger partial charge in [-0.25, -0.2) is 18.9 Å². The molecule has 0 saturated carbocycles. The van der Waals surface area contributed by atoms with Gasteiger partial charge in [-0.2, -0.15) is 10.4 Å². The van der Waals surface area contributed by atoms with E-state index < -0.39 is 5.60 Å². The van der Waals surface area contributed by atoms with Crippen molar-refractivity contribution in [2.75, 3.05) is 43.0 Å². The van der Waals surface area contributed by atoms with Crippen LogP contribution in [0.25, 0.3) is 22.2 Å². The van der Waals surface area contributed by atoms with Gasteiger partial charge < -0.3 is 19.4 Å². The second-order valence-electron chi connectivity index (χ2n) is 11.1. The highest BCUT2D eigenvalue weighted by Gasteiger charge is 2.27. The molecule has 0 N–H and O–H groups in total. The molecule has 11 heteroatoms. The van der Waals surface area contributed by atoms with Gasteiger partial charge >= 0.3 is 6.09 Å². The van der Waals surface area contributed by atoms with Crippen molar-refractivity contribution in [2.45, 2.75) is 46.8 Å². The van der Waals surface area contributed by atoms with Crippen LogP contribution in [0.15, 0.2) is 36.4 Å². The zero-order valence-corrected chi connectivity index (χ0v) is 25.0. The van der Waals surface area contributed by atoms with Crippen LogP contribution in [0.1, 0.15) is 38.1 Å². The lowest BCUT2D eigenvalue weighted by atomic mass is 10.1. The third-order valence-corrected chi connectivity index (χ3v) is 8.06. The summed E-state index contributed by atoms with van der Waals surface area (Å²) in [6.07, 6.45) is -0.280. The quantitative estimate of drug-likeness (QED) is 0.275. The van der Waals surface area contributed by atoms with Gasteiger partial charge in [0.05, 0.1) is 5.52 Å². The molecule has 41 heavy (non-hydrogen) atoms. The number of thiazole rings is 1. The average molecular weight is 576 g/mol. The second-order valence-corrected chi connectivity index (χ2v) is 12.1. The predicted octanol–water partition coefficient (Wildman–Crippen LogP) is 6.32. The van der Waals surface area contributed by atoms with Crippen molar-refractivity contribution < 1.29 is 13.9 Å². The Balaban J connectivity index is 1.47. The summed E-state index contributed by atoms with van der Waals surface area (Å²) in [5.41, 5.74) is 3.72. The first-order valence-electron chi connectivity index (χ1n) is 13.6. The van der Waals surface area contributed by atoms with E-state index in [-0.39, 0.29) is 11.9 Å². The van der Waals surface area contributed by atoms with E-state index in [9.17, 15) is 14.4 Å². The van der Waals surface area contributed by atoms with Gasteiger partial charge in [0.25, 0.3) is 0 Å². The summed E-state index contributed by atoms with van der Waals surface area (Å²) in [5, 5.41) is 16.4. The Bertz CT molecular complexity index is 1620. The molecule has 5 rings (SSSR count). The molecule has 2 aromatic heterocycles. The monoisotopic (exact) mass is 575 g/mol.